The van der Waals surface area contributed by atoms with Crippen molar-refractivity contribution in [2.45, 2.75) is 19.4 Å². The van der Waals surface area contributed by atoms with E-state index in [1.165, 1.54) is 6.07 Å². The summed E-state index contributed by atoms with van der Waals surface area (Å²) in [6.45, 7) is 1.12. The number of nitrogens with zero attached hydrogens (tertiary/aromatic N) is 3. The van der Waals surface area contributed by atoms with E-state index >= 15 is 0 Å². The molecule has 1 aromatic heterocycles. The van der Waals surface area contributed by atoms with E-state index in [1.807, 2.05) is 41.0 Å². The molecule has 26 heavy (non-hydrogen) atoms. The first-order chi connectivity index (χ1) is 12.6. The van der Waals surface area contributed by atoms with E-state index in [4.69, 9.17) is 0 Å². The third-order valence-corrected chi connectivity index (χ3v) is 5.02. The molecule has 0 saturated carbocycles. The Morgan fingerprint density at radius 2 is 1.88 bits per heavy atom. The minimum atomic E-state index is -0.364. The Hall–Kier alpha value is -3.15. The zero-order valence-corrected chi connectivity index (χ0v) is 14.5. The van der Waals surface area contributed by atoms with Gasteiger partial charge in [-0.2, -0.15) is 0 Å². The zero-order valence-electron chi connectivity index (χ0n) is 14.5. The molecule has 1 aliphatic rings. The predicted molar refractivity (Wildman–Crippen MR) is 99.4 cm³/mol. The standard InChI is InChI=1S/C20H19N3O3/c1-21-12-6-10-16-15-9-5-11-17(23(25)26)18(15)22(19(16)20(21)24)13-14-7-3-2-4-8-14/h2-5,7-9,11H,6,10,12-13H2,1H3. The van der Waals surface area contributed by atoms with Gasteiger partial charge in [-0.15, -0.1) is 0 Å². The summed E-state index contributed by atoms with van der Waals surface area (Å²) >= 11 is 0. The monoisotopic (exact) mass is 349 g/mol. The molecule has 1 amide bonds. The SMILES string of the molecule is CN1CCCc2c(n(Cc3ccccc3)c3c([N+](=O)[O-])cccc23)C1=O. The largest absolute Gasteiger partial charge is 0.340 e. The molecule has 0 spiro atoms. The fourth-order valence-electron chi connectivity index (χ4n) is 3.81. The summed E-state index contributed by atoms with van der Waals surface area (Å²) in [5.74, 6) is -0.0704. The van der Waals surface area contributed by atoms with Gasteiger partial charge >= 0.3 is 0 Å². The van der Waals surface area contributed by atoms with Crippen molar-refractivity contribution in [1.29, 1.82) is 0 Å². The molecule has 0 unspecified atom stereocenters. The van der Waals surface area contributed by atoms with Gasteiger partial charge in [0.1, 0.15) is 11.2 Å². The number of hydrogen-bond donors (Lipinski definition) is 0. The second-order valence-corrected chi connectivity index (χ2v) is 6.66. The van der Waals surface area contributed by atoms with E-state index in [1.54, 1.807) is 18.0 Å². The number of hydrogen-bond acceptors (Lipinski definition) is 3. The predicted octanol–water partition coefficient (Wildman–Crippen LogP) is 3.62. The van der Waals surface area contributed by atoms with E-state index < -0.39 is 0 Å². The number of amides is 1. The van der Waals surface area contributed by atoms with Crippen molar-refractivity contribution in [2.24, 2.45) is 0 Å². The lowest BCUT2D eigenvalue weighted by Gasteiger charge is -2.16. The number of non-ortho nitro benzene ring substituents is 1. The topological polar surface area (TPSA) is 68.4 Å². The fraction of sp³-hybridized carbons (Fsp3) is 0.250. The first kappa shape index (κ1) is 16.3. The Morgan fingerprint density at radius 3 is 2.62 bits per heavy atom. The minimum absolute atomic E-state index is 0.0435. The molecule has 2 heterocycles. The lowest BCUT2D eigenvalue weighted by Crippen LogP contribution is -2.28. The summed E-state index contributed by atoms with van der Waals surface area (Å²) < 4.78 is 1.84. The number of para-hydroxylation sites is 1. The number of nitro benzene ring substituents is 1. The maximum Gasteiger partial charge on any atom is 0.293 e. The number of carbonyl (C=O) groups is 1. The summed E-state index contributed by atoms with van der Waals surface area (Å²) in [5.41, 5.74) is 3.09. The maximum atomic E-state index is 13.0. The van der Waals surface area contributed by atoms with Crippen LogP contribution in [0.3, 0.4) is 0 Å². The molecule has 0 aliphatic carbocycles. The average molecular weight is 349 g/mol. The van der Waals surface area contributed by atoms with Crippen LogP contribution in [0.2, 0.25) is 0 Å². The second-order valence-electron chi connectivity index (χ2n) is 6.66. The highest BCUT2D eigenvalue weighted by Crippen LogP contribution is 2.36. The van der Waals surface area contributed by atoms with Gasteiger partial charge in [0.25, 0.3) is 11.6 Å². The molecular weight excluding hydrogens is 330 g/mol. The smallest absolute Gasteiger partial charge is 0.293 e. The molecule has 0 fully saturated rings. The number of aromatic nitrogens is 1. The van der Waals surface area contributed by atoms with Gasteiger partial charge in [-0.1, -0.05) is 42.5 Å². The van der Waals surface area contributed by atoms with E-state index in [-0.39, 0.29) is 16.5 Å². The molecule has 0 N–H and O–H groups in total. The third kappa shape index (κ3) is 2.54. The lowest BCUT2D eigenvalue weighted by molar-refractivity contribution is -0.383. The number of benzene rings is 2. The number of aryl methyl sites for hydroxylation is 1. The molecule has 3 aromatic rings. The van der Waals surface area contributed by atoms with Crippen LogP contribution >= 0.6 is 0 Å². The number of carbonyl (C=O) groups excluding carboxylic acids is 1. The molecule has 0 bridgehead atoms. The van der Waals surface area contributed by atoms with Crippen molar-refractivity contribution >= 4 is 22.5 Å². The van der Waals surface area contributed by atoms with Gasteiger partial charge in [0.05, 0.1) is 4.92 Å². The molecule has 132 valence electrons. The van der Waals surface area contributed by atoms with Crippen molar-refractivity contribution in [2.75, 3.05) is 13.6 Å². The number of fused-ring (bicyclic) bond motifs is 3. The highest BCUT2D eigenvalue weighted by molar-refractivity contribution is 6.04. The fourth-order valence-corrected chi connectivity index (χ4v) is 3.81. The first-order valence-corrected chi connectivity index (χ1v) is 8.66. The molecule has 0 atom stereocenters. The third-order valence-electron chi connectivity index (χ3n) is 5.02. The van der Waals surface area contributed by atoms with E-state index in [9.17, 15) is 14.9 Å². The van der Waals surface area contributed by atoms with E-state index in [0.29, 0.717) is 24.3 Å². The molecule has 0 radical (unpaired) electrons. The summed E-state index contributed by atoms with van der Waals surface area (Å²) in [4.78, 5) is 26.0. The highest BCUT2D eigenvalue weighted by atomic mass is 16.6. The molecule has 6 nitrogen and oxygen atoms in total. The summed E-state index contributed by atoms with van der Waals surface area (Å²) in [6.07, 6.45) is 1.59. The van der Waals surface area contributed by atoms with Crippen LogP contribution in [0.5, 0.6) is 0 Å². The minimum Gasteiger partial charge on any atom is -0.340 e. The Balaban J connectivity index is 2.04. The Labute approximate surface area is 150 Å². The van der Waals surface area contributed by atoms with Crippen molar-refractivity contribution < 1.29 is 9.72 Å². The molecule has 4 rings (SSSR count). The van der Waals surface area contributed by atoms with Gasteiger partial charge in [-0.25, -0.2) is 0 Å². The van der Waals surface area contributed by atoms with E-state index in [2.05, 4.69) is 0 Å². The Morgan fingerprint density at radius 1 is 1.12 bits per heavy atom. The number of rotatable bonds is 3. The van der Waals surface area contributed by atoms with Gasteiger partial charge in [-0.05, 0) is 24.0 Å². The molecular formula is C20H19N3O3. The molecule has 2 aromatic carbocycles. The Kier molecular flexibility index (Phi) is 3.95. The van der Waals surface area contributed by atoms with Crippen LogP contribution in [-0.4, -0.2) is 33.9 Å². The van der Waals surface area contributed by atoms with E-state index in [0.717, 1.165) is 29.4 Å². The van der Waals surface area contributed by atoms with Crippen LogP contribution in [0.25, 0.3) is 10.9 Å². The molecule has 6 heteroatoms. The van der Waals surface area contributed by atoms with Crippen LogP contribution in [0.1, 0.15) is 28.0 Å². The van der Waals surface area contributed by atoms with Gasteiger partial charge in [0.2, 0.25) is 0 Å². The maximum absolute atomic E-state index is 13.0. The van der Waals surface area contributed by atoms with Gasteiger partial charge in [0.15, 0.2) is 0 Å². The van der Waals surface area contributed by atoms with Crippen molar-refractivity contribution in [3.63, 3.8) is 0 Å². The van der Waals surface area contributed by atoms with Crippen LogP contribution < -0.4 is 0 Å². The quantitative estimate of drug-likeness (QED) is 0.536. The number of nitro groups is 1. The van der Waals surface area contributed by atoms with Gasteiger partial charge < -0.3 is 9.47 Å². The lowest BCUT2D eigenvalue weighted by atomic mass is 10.1. The summed E-state index contributed by atoms with van der Waals surface area (Å²) in [5, 5.41) is 12.5. The molecule has 0 saturated heterocycles. The second kappa shape index (κ2) is 6.29. The average Bonchev–Trinajstić information content (AvgIpc) is 2.86. The summed E-state index contributed by atoms with van der Waals surface area (Å²) in [6, 6.07) is 14.8. The Bertz CT molecular complexity index is 1010. The zero-order chi connectivity index (χ0) is 18.3. The van der Waals surface area contributed by atoms with Crippen LogP contribution in [0.4, 0.5) is 5.69 Å². The normalized spacial score (nSPS) is 14.3. The highest BCUT2D eigenvalue weighted by Gasteiger charge is 2.30. The van der Waals surface area contributed by atoms with Crippen molar-refractivity contribution in [3.8, 4) is 0 Å². The van der Waals surface area contributed by atoms with Crippen LogP contribution in [-0.2, 0) is 13.0 Å². The van der Waals surface area contributed by atoms with Crippen molar-refractivity contribution in [3.05, 3.63) is 75.5 Å². The van der Waals surface area contributed by atoms with Crippen LogP contribution in [0.15, 0.2) is 48.5 Å². The van der Waals surface area contributed by atoms with Crippen LogP contribution in [0, 0.1) is 10.1 Å². The van der Waals surface area contributed by atoms with Crippen molar-refractivity contribution in [1.82, 2.24) is 9.47 Å². The summed E-state index contributed by atoms with van der Waals surface area (Å²) in [7, 11) is 1.79. The van der Waals surface area contributed by atoms with Gasteiger partial charge in [-0.3, -0.25) is 14.9 Å². The van der Waals surface area contributed by atoms with Gasteiger partial charge in [0, 0.05) is 31.6 Å². The molecule has 1 aliphatic heterocycles. The first-order valence-electron chi connectivity index (χ1n) is 8.66.